The van der Waals surface area contributed by atoms with E-state index < -0.39 is 6.10 Å². The summed E-state index contributed by atoms with van der Waals surface area (Å²) in [4.78, 5) is 26.0. The van der Waals surface area contributed by atoms with Gasteiger partial charge in [-0.25, -0.2) is 0 Å². The molecule has 1 aliphatic carbocycles. The van der Waals surface area contributed by atoms with E-state index in [-0.39, 0.29) is 35.0 Å². The Labute approximate surface area is 197 Å². The van der Waals surface area contributed by atoms with Crippen molar-refractivity contribution in [3.05, 3.63) is 58.7 Å². The van der Waals surface area contributed by atoms with Crippen molar-refractivity contribution in [2.24, 2.45) is 0 Å². The molecule has 0 saturated heterocycles. The number of benzene rings is 2. The summed E-state index contributed by atoms with van der Waals surface area (Å²) in [5, 5.41) is 23.8. The number of ketones is 2. The summed E-state index contributed by atoms with van der Waals surface area (Å²) in [5.41, 5.74) is 1.34. The molecule has 0 radical (unpaired) electrons. The van der Waals surface area contributed by atoms with Crippen molar-refractivity contribution < 1.29 is 19.8 Å². The summed E-state index contributed by atoms with van der Waals surface area (Å²) in [5.74, 6) is -0.843. The topological polar surface area (TPSA) is 86.6 Å². The summed E-state index contributed by atoms with van der Waals surface area (Å²) in [6.07, 6.45) is 12.7. The maximum Gasteiger partial charge on any atom is 0.198 e. The average Bonchev–Trinajstić information content (AvgIpc) is 2.82. The van der Waals surface area contributed by atoms with Crippen LogP contribution in [0.15, 0.2) is 36.4 Å². The molecule has 33 heavy (non-hydrogen) atoms. The lowest BCUT2D eigenvalue weighted by molar-refractivity contribution is 0.0977. The van der Waals surface area contributed by atoms with Gasteiger partial charge >= 0.3 is 0 Å². The molecule has 0 bridgehead atoms. The van der Waals surface area contributed by atoms with Gasteiger partial charge in [0.1, 0.15) is 5.75 Å². The Hall–Kier alpha value is -2.66. The second kappa shape index (κ2) is 12.5. The van der Waals surface area contributed by atoms with Crippen molar-refractivity contribution in [1.82, 2.24) is 0 Å². The lowest BCUT2D eigenvalue weighted by Crippen LogP contribution is -2.25. The lowest BCUT2D eigenvalue weighted by Gasteiger charge is -2.22. The number of anilines is 1. The Kier molecular flexibility index (Phi) is 9.49. The number of rotatable bonds is 14. The monoisotopic (exact) mass is 451 g/mol. The molecule has 1 unspecified atom stereocenters. The van der Waals surface area contributed by atoms with Crippen LogP contribution in [0, 0.1) is 0 Å². The Morgan fingerprint density at radius 3 is 1.91 bits per heavy atom. The third-order valence-corrected chi connectivity index (χ3v) is 6.47. The van der Waals surface area contributed by atoms with Crippen LogP contribution in [0.25, 0.3) is 0 Å². The Balaban J connectivity index is 1.47. The van der Waals surface area contributed by atoms with E-state index in [1.807, 2.05) is 0 Å². The number of carbonyl (C=O) groups is 2. The van der Waals surface area contributed by atoms with Crippen molar-refractivity contribution in [2.45, 2.75) is 83.7 Å². The fourth-order valence-electron chi connectivity index (χ4n) is 4.55. The molecule has 0 heterocycles. The van der Waals surface area contributed by atoms with Gasteiger partial charge in [-0.1, -0.05) is 95.4 Å². The van der Waals surface area contributed by atoms with Crippen LogP contribution >= 0.6 is 0 Å². The third-order valence-electron chi connectivity index (χ3n) is 6.47. The molecule has 0 amide bonds. The van der Waals surface area contributed by atoms with Crippen LogP contribution in [0.3, 0.4) is 0 Å². The van der Waals surface area contributed by atoms with Gasteiger partial charge in [0, 0.05) is 23.4 Å². The second-order valence-corrected chi connectivity index (χ2v) is 9.09. The van der Waals surface area contributed by atoms with E-state index in [0.717, 1.165) is 12.8 Å². The number of aliphatic hydroxyl groups excluding tert-OH is 1. The summed E-state index contributed by atoms with van der Waals surface area (Å²) >= 11 is 0. The molecule has 2 aromatic carbocycles. The third kappa shape index (κ3) is 6.44. The van der Waals surface area contributed by atoms with Crippen LogP contribution in [-0.4, -0.2) is 34.4 Å². The molecule has 0 aromatic heterocycles. The Bertz CT molecular complexity index is 953. The molecule has 0 aliphatic heterocycles. The summed E-state index contributed by atoms with van der Waals surface area (Å²) < 4.78 is 0. The van der Waals surface area contributed by atoms with Crippen LogP contribution < -0.4 is 5.32 Å². The highest BCUT2D eigenvalue weighted by Crippen LogP contribution is 2.36. The molecule has 1 aliphatic rings. The molecular weight excluding hydrogens is 414 g/mol. The highest BCUT2D eigenvalue weighted by Gasteiger charge is 2.33. The van der Waals surface area contributed by atoms with Crippen molar-refractivity contribution in [1.29, 1.82) is 0 Å². The molecule has 3 N–H and O–H groups in total. The van der Waals surface area contributed by atoms with Crippen LogP contribution in [-0.2, 0) is 0 Å². The van der Waals surface area contributed by atoms with E-state index in [4.69, 9.17) is 0 Å². The largest absolute Gasteiger partial charge is 0.507 e. The van der Waals surface area contributed by atoms with Crippen LogP contribution in [0.5, 0.6) is 5.75 Å². The number of hydrogen-bond donors (Lipinski definition) is 3. The molecule has 178 valence electrons. The van der Waals surface area contributed by atoms with E-state index in [1.54, 1.807) is 30.3 Å². The molecule has 0 saturated carbocycles. The lowest BCUT2D eigenvalue weighted by atomic mass is 9.82. The molecule has 1 atom stereocenters. The number of unbranched alkanes of at least 4 members (excludes halogenated alkanes) is 9. The van der Waals surface area contributed by atoms with Gasteiger partial charge in [0.15, 0.2) is 11.6 Å². The van der Waals surface area contributed by atoms with Crippen molar-refractivity contribution in [2.75, 3.05) is 11.9 Å². The van der Waals surface area contributed by atoms with Gasteiger partial charge in [-0.3, -0.25) is 9.59 Å². The minimum Gasteiger partial charge on any atom is -0.507 e. The van der Waals surface area contributed by atoms with Gasteiger partial charge in [-0.05, 0) is 18.6 Å². The summed E-state index contributed by atoms with van der Waals surface area (Å²) in [6.45, 7) is 2.53. The first-order chi connectivity index (χ1) is 16.0. The van der Waals surface area contributed by atoms with Gasteiger partial charge in [0.2, 0.25) is 0 Å². The number of phenolic OH excluding ortho intramolecular Hbond substituents is 1. The molecule has 5 heteroatoms. The van der Waals surface area contributed by atoms with Crippen LogP contribution in [0.1, 0.15) is 109 Å². The van der Waals surface area contributed by atoms with Crippen LogP contribution in [0.2, 0.25) is 0 Å². The number of fused-ring (bicyclic) bond motifs is 2. The Morgan fingerprint density at radius 1 is 0.758 bits per heavy atom. The maximum absolute atomic E-state index is 13.1. The molecule has 0 spiro atoms. The predicted octanol–water partition coefficient (Wildman–Crippen LogP) is 6.25. The van der Waals surface area contributed by atoms with Gasteiger partial charge < -0.3 is 15.5 Å². The molecule has 3 rings (SSSR count). The number of aromatic hydroxyl groups is 1. The van der Waals surface area contributed by atoms with Crippen molar-refractivity contribution in [3.63, 3.8) is 0 Å². The van der Waals surface area contributed by atoms with Gasteiger partial charge in [0.25, 0.3) is 0 Å². The van der Waals surface area contributed by atoms with E-state index in [0.29, 0.717) is 23.2 Å². The zero-order valence-electron chi connectivity index (χ0n) is 19.7. The highest BCUT2D eigenvalue weighted by atomic mass is 16.3. The number of hydrogen-bond acceptors (Lipinski definition) is 5. The fraction of sp³-hybridized carbons (Fsp3) is 0.500. The maximum atomic E-state index is 13.1. The molecule has 0 fully saturated rings. The van der Waals surface area contributed by atoms with Gasteiger partial charge in [0.05, 0.1) is 17.2 Å². The van der Waals surface area contributed by atoms with E-state index >= 15 is 0 Å². The zero-order valence-corrected chi connectivity index (χ0v) is 19.7. The SMILES string of the molecule is CCCCCCCCCCCCC(O)CNc1ccc(O)c2c1C(=O)c1ccccc1C2=O. The predicted molar refractivity (Wildman–Crippen MR) is 132 cm³/mol. The first-order valence-electron chi connectivity index (χ1n) is 12.5. The Morgan fingerprint density at radius 2 is 1.30 bits per heavy atom. The van der Waals surface area contributed by atoms with Crippen molar-refractivity contribution >= 4 is 17.3 Å². The first kappa shape index (κ1) is 25.0. The van der Waals surface area contributed by atoms with Crippen molar-refractivity contribution in [3.8, 4) is 5.75 Å². The first-order valence-corrected chi connectivity index (χ1v) is 12.5. The van der Waals surface area contributed by atoms with E-state index in [9.17, 15) is 19.8 Å². The fourth-order valence-corrected chi connectivity index (χ4v) is 4.55. The van der Waals surface area contributed by atoms with E-state index in [1.165, 1.54) is 57.4 Å². The quantitative estimate of drug-likeness (QED) is 0.199. The zero-order chi connectivity index (χ0) is 23.6. The number of phenols is 1. The summed E-state index contributed by atoms with van der Waals surface area (Å²) in [6, 6.07) is 9.69. The highest BCUT2D eigenvalue weighted by molar-refractivity contribution is 6.31. The number of aliphatic hydroxyl groups is 1. The normalized spacial score (nSPS) is 13.5. The molecule has 5 nitrogen and oxygen atoms in total. The minimum atomic E-state index is -0.537. The standard InChI is InChI=1S/C28H37NO4/c1-2-3-4-5-6-7-8-9-10-11-14-20(30)19-29-23-17-18-24(31)26-25(23)27(32)21-15-12-13-16-22(21)28(26)33/h12-13,15-18,20,29-31H,2-11,14,19H2,1H3. The molecule has 2 aromatic rings. The number of carbonyl (C=O) groups excluding carboxylic acids is 2. The molecular formula is C28H37NO4. The van der Waals surface area contributed by atoms with Gasteiger partial charge in [-0.15, -0.1) is 0 Å². The number of nitrogens with one attached hydrogen (secondary N) is 1. The van der Waals surface area contributed by atoms with Gasteiger partial charge in [-0.2, -0.15) is 0 Å². The smallest absolute Gasteiger partial charge is 0.198 e. The summed E-state index contributed by atoms with van der Waals surface area (Å²) in [7, 11) is 0. The van der Waals surface area contributed by atoms with Crippen LogP contribution in [0.4, 0.5) is 5.69 Å². The second-order valence-electron chi connectivity index (χ2n) is 9.09. The minimum absolute atomic E-state index is 0.0351. The average molecular weight is 452 g/mol. The van der Waals surface area contributed by atoms with E-state index in [2.05, 4.69) is 12.2 Å².